The van der Waals surface area contributed by atoms with Crippen molar-refractivity contribution in [1.29, 1.82) is 0 Å². The van der Waals surface area contributed by atoms with Crippen LogP contribution in [0.25, 0.3) is 0 Å². The summed E-state index contributed by atoms with van der Waals surface area (Å²) in [5, 5.41) is 80.5. The van der Waals surface area contributed by atoms with Crippen LogP contribution in [0.15, 0.2) is 12.2 Å². The molecule has 0 saturated carbocycles. The maximum atomic E-state index is 12.6. The summed E-state index contributed by atoms with van der Waals surface area (Å²) in [6.07, 6.45) is -4.91. The number of aliphatic hydroxyl groups excluding tert-OH is 8. The summed E-state index contributed by atoms with van der Waals surface area (Å²) in [7, 11) is 0. The van der Waals surface area contributed by atoms with E-state index >= 15 is 0 Å². The Hall–Kier alpha value is -1.23. The third-order valence-corrected chi connectivity index (χ3v) is 6.10. The molecular formula is C22H38O13. The van der Waals surface area contributed by atoms with Crippen LogP contribution >= 0.6 is 0 Å². The number of unbranched alkanes of at least 4 members (excludes halogenated alkanes) is 5. The summed E-state index contributed by atoms with van der Waals surface area (Å²) < 4.78 is 21.3. The van der Waals surface area contributed by atoms with E-state index in [9.17, 15) is 45.6 Å². The number of rotatable bonds is 13. The summed E-state index contributed by atoms with van der Waals surface area (Å²) >= 11 is 0. The molecule has 13 heteroatoms. The molecule has 0 aromatic heterocycles. The Morgan fingerprint density at radius 2 is 1.49 bits per heavy atom. The van der Waals surface area contributed by atoms with Crippen LogP contribution in [0, 0.1) is 0 Å². The molecule has 2 rings (SSSR count). The van der Waals surface area contributed by atoms with Crippen LogP contribution in [-0.2, 0) is 23.7 Å². The summed E-state index contributed by atoms with van der Waals surface area (Å²) in [5.74, 6) is -6.70. The SMILES string of the molecule is CCCCCCC/C=C/C(=O)O[C@@]1(OC2(CO)O[C@H](CO)[C@@H](O)[C@@H]2O)O[C@H](CO)[C@@H](O)[C@H](O)[C@H]1O. The van der Waals surface area contributed by atoms with Crippen LogP contribution in [0.5, 0.6) is 0 Å². The van der Waals surface area contributed by atoms with E-state index in [1.807, 2.05) is 0 Å². The first-order valence-corrected chi connectivity index (χ1v) is 11.8. The zero-order valence-corrected chi connectivity index (χ0v) is 19.7. The number of carbonyl (C=O) groups excluding carboxylic acids is 1. The highest BCUT2D eigenvalue weighted by atomic mass is 16.9. The van der Waals surface area contributed by atoms with E-state index in [0.717, 1.165) is 38.2 Å². The van der Waals surface area contributed by atoms with Gasteiger partial charge in [-0.05, 0) is 12.8 Å². The first-order valence-electron chi connectivity index (χ1n) is 11.8. The number of carbonyl (C=O) groups is 1. The molecular weight excluding hydrogens is 472 g/mol. The second kappa shape index (κ2) is 13.4. The summed E-state index contributed by atoms with van der Waals surface area (Å²) in [5.41, 5.74) is 0. The first kappa shape index (κ1) is 30.0. The molecule has 2 fully saturated rings. The minimum absolute atomic E-state index is 0.545. The van der Waals surface area contributed by atoms with Gasteiger partial charge >= 0.3 is 11.9 Å². The highest BCUT2D eigenvalue weighted by molar-refractivity contribution is 5.82. The maximum Gasteiger partial charge on any atom is 0.362 e. The second-order valence-electron chi connectivity index (χ2n) is 8.74. The average Bonchev–Trinajstić information content (AvgIpc) is 3.09. The van der Waals surface area contributed by atoms with Crippen molar-refractivity contribution >= 4 is 5.97 Å². The fourth-order valence-corrected chi connectivity index (χ4v) is 4.01. The molecule has 0 radical (unpaired) electrons. The van der Waals surface area contributed by atoms with E-state index in [4.69, 9.17) is 18.9 Å². The molecule has 0 bridgehead atoms. The average molecular weight is 511 g/mol. The van der Waals surface area contributed by atoms with Crippen LogP contribution in [0.4, 0.5) is 0 Å². The molecule has 0 aliphatic carbocycles. The standard InChI is InChI=1S/C22H38O13/c1-2-3-4-5-6-7-8-9-15(26)34-22(20(31)18(29)16(27)13(10-23)33-22)35-21(12-25)19(30)17(28)14(11-24)32-21/h8-9,13-14,16-20,23-25,27-31H,2-7,10-12H2,1H3/b9-8+/t13-,14-,16-,17-,18+,19+,20-,21?,22+/m1/s1. The molecule has 204 valence electrons. The Kier molecular flexibility index (Phi) is 11.4. The van der Waals surface area contributed by atoms with Crippen molar-refractivity contribution in [2.45, 2.75) is 99.9 Å². The summed E-state index contributed by atoms with van der Waals surface area (Å²) in [6, 6.07) is 0. The van der Waals surface area contributed by atoms with Crippen molar-refractivity contribution in [3.05, 3.63) is 12.2 Å². The van der Waals surface area contributed by atoms with Crippen molar-refractivity contribution in [3.8, 4) is 0 Å². The van der Waals surface area contributed by atoms with Gasteiger partial charge in [-0.25, -0.2) is 4.79 Å². The third kappa shape index (κ3) is 6.76. The number of hydrogen-bond acceptors (Lipinski definition) is 13. The van der Waals surface area contributed by atoms with Gasteiger partial charge in [-0.2, -0.15) is 0 Å². The second-order valence-corrected chi connectivity index (χ2v) is 8.74. The van der Waals surface area contributed by atoms with Crippen molar-refractivity contribution in [2.24, 2.45) is 0 Å². The van der Waals surface area contributed by atoms with Gasteiger partial charge in [-0.1, -0.05) is 38.7 Å². The quantitative estimate of drug-likeness (QED) is 0.0552. The first-order chi connectivity index (χ1) is 16.6. The zero-order chi connectivity index (χ0) is 26.2. The molecule has 0 amide bonds. The van der Waals surface area contributed by atoms with Gasteiger partial charge in [0.05, 0.1) is 13.2 Å². The van der Waals surface area contributed by atoms with E-state index in [1.54, 1.807) is 0 Å². The lowest BCUT2D eigenvalue weighted by atomic mass is 9.97. The number of ether oxygens (including phenoxy) is 4. The van der Waals surface area contributed by atoms with Gasteiger partial charge in [0.25, 0.3) is 0 Å². The van der Waals surface area contributed by atoms with Crippen LogP contribution in [0.1, 0.15) is 45.4 Å². The number of allylic oxidation sites excluding steroid dienone is 1. The molecule has 0 aromatic carbocycles. The van der Waals surface area contributed by atoms with Gasteiger partial charge < -0.3 is 55.1 Å². The largest absolute Gasteiger partial charge is 0.402 e. The molecule has 2 aliphatic rings. The highest BCUT2D eigenvalue weighted by Gasteiger charge is 2.65. The Labute approximate surface area is 203 Å². The Morgan fingerprint density at radius 1 is 0.857 bits per heavy atom. The van der Waals surface area contributed by atoms with Gasteiger partial charge in [0.2, 0.25) is 5.79 Å². The van der Waals surface area contributed by atoms with Gasteiger partial charge in [0.1, 0.15) is 43.2 Å². The fourth-order valence-electron chi connectivity index (χ4n) is 4.01. The molecule has 2 heterocycles. The van der Waals surface area contributed by atoms with E-state index in [-0.39, 0.29) is 0 Å². The van der Waals surface area contributed by atoms with Gasteiger partial charge in [-0.3, -0.25) is 4.74 Å². The molecule has 2 aliphatic heterocycles. The van der Waals surface area contributed by atoms with Gasteiger partial charge in [0.15, 0.2) is 6.10 Å². The van der Waals surface area contributed by atoms with Crippen molar-refractivity contribution in [3.63, 3.8) is 0 Å². The van der Waals surface area contributed by atoms with Crippen molar-refractivity contribution in [2.75, 3.05) is 19.8 Å². The van der Waals surface area contributed by atoms with Crippen LogP contribution in [0.3, 0.4) is 0 Å². The molecule has 13 nitrogen and oxygen atoms in total. The van der Waals surface area contributed by atoms with Gasteiger partial charge in [0, 0.05) is 6.08 Å². The maximum absolute atomic E-state index is 12.6. The molecule has 0 aromatic rings. The van der Waals surface area contributed by atoms with E-state index < -0.39 is 80.3 Å². The predicted molar refractivity (Wildman–Crippen MR) is 116 cm³/mol. The zero-order valence-electron chi connectivity index (χ0n) is 19.7. The molecule has 1 unspecified atom stereocenters. The lowest BCUT2D eigenvalue weighted by Gasteiger charge is -2.49. The molecule has 2 saturated heterocycles. The topological polar surface area (TPSA) is 216 Å². The van der Waals surface area contributed by atoms with Crippen molar-refractivity contribution in [1.82, 2.24) is 0 Å². The van der Waals surface area contributed by atoms with E-state index in [0.29, 0.717) is 6.42 Å². The summed E-state index contributed by atoms with van der Waals surface area (Å²) in [4.78, 5) is 12.6. The van der Waals surface area contributed by atoms with E-state index in [1.165, 1.54) is 6.08 Å². The molecule has 35 heavy (non-hydrogen) atoms. The van der Waals surface area contributed by atoms with Crippen LogP contribution in [-0.4, -0.2) is 121 Å². The summed E-state index contributed by atoms with van der Waals surface area (Å²) in [6.45, 7) is -0.777. The Morgan fingerprint density at radius 3 is 2.06 bits per heavy atom. The smallest absolute Gasteiger partial charge is 0.362 e. The van der Waals surface area contributed by atoms with Gasteiger partial charge in [-0.15, -0.1) is 0 Å². The monoisotopic (exact) mass is 510 g/mol. The highest BCUT2D eigenvalue weighted by Crippen LogP contribution is 2.41. The minimum atomic E-state index is -3.00. The predicted octanol–water partition coefficient (Wildman–Crippen LogP) is -2.61. The Bertz CT molecular complexity index is 688. The molecule has 9 atom stereocenters. The Balaban J connectivity index is 2.28. The lowest BCUT2D eigenvalue weighted by molar-refractivity contribution is -0.497. The lowest BCUT2D eigenvalue weighted by Crippen LogP contribution is -2.70. The van der Waals surface area contributed by atoms with Crippen LogP contribution in [0.2, 0.25) is 0 Å². The molecule has 8 N–H and O–H groups in total. The van der Waals surface area contributed by atoms with Crippen LogP contribution < -0.4 is 0 Å². The third-order valence-electron chi connectivity index (χ3n) is 6.10. The normalized spacial score (nSPS) is 39.9. The fraction of sp³-hybridized carbons (Fsp3) is 0.864. The van der Waals surface area contributed by atoms with E-state index in [2.05, 4.69) is 6.92 Å². The number of hydrogen-bond donors (Lipinski definition) is 8. The number of aliphatic hydroxyl groups is 8. The van der Waals surface area contributed by atoms with Crippen molar-refractivity contribution < 1.29 is 64.6 Å². The number of esters is 1. The molecule has 0 spiro atoms. The minimum Gasteiger partial charge on any atom is -0.402 e.